The number of oxime groups is 1. The molecule has 0 N–H and O–H groups in total. The van der Waals surface area contributed by atoms with E-state index in [2.05, 4.69) is 10.1 Å². The number of para-hydroxylation sites is 2. The number of rotatable bonds is 5. The summed E-state index contributed by atoms with van der Waals surface area (Å²) in [7, 11) is 0. The van der Waals surface area contributed by atoms with Crippen molar-refractivity contribution in [1.82, 2.24) is 9.55 Å². The van der Waals surface area contributed by atoms with Crippen LogP contribution in [0.15, 0.2) is 47.6 Å². The maximum atomic E-state index is 13.8. The number of benzene rings is 2. The van der Waals surface area contributed by atoms with Gasteiger partial charge in [-0.15, -0.1) is 0 Å². The topological polar surface area (TPSA) is 63.2 Å². The Bertz CT molecular complexity index is 1020. The molecule has 3 rings (SSSR count). The van der Waals surface area contributed by atoms with Crippen LogP contribution in [0.3, 0.4) is 0 Å². The van der Waals surface area contributed by atoms with E-state index in [1.165, 1.54) is 25.1 Å². The summed E-state index contributed by atoms with van der Waals surface area (Å²) in [6.07, 6.45) is 0. The largest absolute Gasteiger partial charge is 0.390 e. The third kappa shape index (κ3) is 3.37. The maximum absolute atomic E-state index is 13.8. The molecule has 2 aromatic carbocycles. The molecule has 0 aliphatic heterocycles. The maximum Gasteiger partial charge on any atom is 0.320 e. The molecule has 0 fully saturated rings. The molecule has 8 heteroatoms. The van der Waals surface area contributed by atoms with Gasteiger partial charge < -0.3 is 4.84 Å². The molecule has 0 unspecified atom stereocenters. The van der Waals surface area contributed by atoms with Gasteiger partial charge in [-0.2, -0.15) is 14.0 Å². The van der Waals surface area contributed by atoms with Crippen molar-refractivity contribution in [3.63, 3.8) is 0 Å². The number of aromatic nitrogens is 2. The fraction of sp³-hybridized carbons (Fsp3) is 0.167. The molecule has 0 aliphatic rings. The van der Waals surface area contributed by atoms with Crippen LogP contribution in [0.4, 0.5) is 13.2 Å². The Morgan fingerprint density at radius 2 is 2.08 bits per heavy atom. The predicted molar refractivity (Wildman–Crippen MR) is 89.1 cm³/mol. The van der Waals surface area contributed by atoms with Crippen LogP contribution in [-0.2, 0) is 11.4 Å². The summed E-state index contributed by atoms with van der Waals surface area (Å²) in [5, 5.41) is 12.5. The molecule has 1 aromatic heterocycles. The van der Waals surface area contributed by atoms with Crippen molar-refractivity contribution in [2.45, 2.75) is 20.1 Å². The highest BCUT2D eigenvalue weighted by Gasteiger charge is 2.19. The molecule has 0 radical (unpaired) electrons. The summed E-state index contributed by atoms with van der Waals surface area (Å²) < 4.78 is 41.4. The van der Waals surface area contributed by atoms with Gasteiger partial charge in [-0.25, -0.2) is 9.37 Å². The fourth-order valence-electron chi connectivity index (χ4n) is 2.47. The zero-order valence-corrected chi connectivity index (χ0v) is 13.7. The second-order valence-corrected chi connectivity index (χ2v) is 5.44. The smallest absolute Gasteiger partial charge is 0.320 e. The molecular formula is C18H13F3N4O. The zero-order chi connectivity index (χ0) is 18.7. The first-order valence-electron chi connectivity index (χ1n) is 7.62. The van der Waals surface area contributed by atoms with Crippen molar-refractivity contribution in [1.29, 1.82) is 5.26 Å². The van der Waals surface area contributed by atoms with E-state index in [0.29, 0.717) is 5.52 Å². The second kappa shape index (κ2) is 7.27. The minimum atomic E-state index is -2.79. The molecule has 0 spiro atoms. The van der Waals surface area contributed by atoms with Crippen LogP contribution in [-0.4, -0.2) is 15.3 Å². The summed E-state index contributed by atoms with van der Waals surface area (Å²) in [5.74, 6) is -0.627. The lowest BCUT2D eigenvalue weighted by atomic mass is 10.1. The highest BCUT2D eigenvalue weighted by molar-refractivity contribution is 5.98. The van der Waals surface area contributed by atoms with Crippen LogP contribution in [0.25, 0.3) is 11.0 Å². The van der Waals surface area contributed by atoms with Crippen LogP contribution in [0, 0.1) is 17.1 Å². The van der Waals surface area contributed by atoms with Gasteiger partial charge >= 0.3 is 6.55 Å². The monoisotopic (exact) mass is 358 g/mol. The second-order valence-electron chi connectivity index (χ2n) is 5.44. The van der Waals surface area contributed by atoms with E-state index in [9.17, 15) is 13.2 Å². The van der Waals surface area contributed by atoms with Crippen molar-refractivity contribution in [3.05, 3.63) is 65.2 Å². The Balaban J connectivity index is 1.83. The van der Waals surface area contributed by atoms with E-state index in [4.69, 9.17) is 10.1 Å². The Hall–Kier alpha value is -3.34. The Morgan fingerprint density at radius 1 is 1.31 bits per heavy atom. The normalized spacial score (nSPS) is 11.8. The number of alkyl halides is 2. The van der Waals surface area contributed by atoms with Crippen molar-refractivity contribution in [3.8, 4) is 6.07 Å². The molecule has 1 heterocycles. The van der Waals surface area contributed by atoms with Crippen molar-refractivity contribution in [2.24, 2.45) is 5.16 Å². The third-order valence-corrected chi connectivity index (χ3v) is 3.72. The lowest BCUT2D eigenvalue weighted by Gasteiger charge is -2.07. The van der Waals surface area contributed by atoms with Crippen molar-refractivity contribution < 1.29 is 18.0 Å². The number of hydrogen-bond donors (Lipinski definition) is 0. The number of nitriles is 1. The first kappa shape index (κ1) is 17.5. The number of halogens is 3. The molecule has 0 amide bonds. The minimum absolute atomic E-state index is 0.0264. The molecule has 5 nitrogen and oxygen atoms in total. The highest BCUT2D eigenvalue weighted by Crippen LogP contribution is 2.23. The highest BCUT2D eigenvalue weighted by atomic mass is 19.3. The van der Waals surface area contributed by atoms with Gasteiger partial charge in [0.15, 0.2) is 5.82 Å². The van der Waals surface area contributed by atoms with Crippen molar-refractivity contribution in [2.75, 3.05) is 0 Å². The molecule has 0 saturated carbocycles. The van der Waals surface area contributed by atoms with E-state index in [1.807, 2.05) is 6.07 Å². The minimum Gasteiger partial charge on any atom is -0.390 e. The van der Waals surface area contributed by atoms with E-state index in [-0.39, 0.29) is 34.8 Å². The van der Waals surface area contributed by atoms with Gasteiger partial charge in [-0.3, -0.25) is 4.57 Å². The van der Waals surface area contributed by atoms with Gasteiger partial charge in [0.25, 0.3) is 0 Å². The standard InChI is InChI=1S/C18H13F3N4O/c1-11(24-26-10-13-7-6-12(9-22)8-14(13)19)17-23-15-4-2-3-5-16(15)25(17)18(20)21/h2-8,18H,10H2,1H3/b24-11-. The number of imidazole rings is 1. The average molecular weight is 358 g/mol. The fourth-order valence-corrected chi connectivity index (χ4v) is 2.47. The SMILES string of the molecule is C/C(=N/OCc1ccc(C#N)cc1F)c1nc2ccccc2n1C(F)F. The number of nitrogens with zero attached hydrogens (tertiary/aromatic N) is 4. The van der Waals surface area contributed by atoms with Gasteiger partial charge in [0.05, 0.1) is 22.7 Å². The number of fused-ring (bicyclic) bond motifs is 1. The Labute approximate surface area is 146 Å². The summed E-state index contributed by atoms with van der Waals surface area (Å²) in [6.45, 7) is -1.52. The molecule has 0 saturated heterocycles. The lowest BCUT2D eigenvalue weighted by Crippen LogP contribution is -2.10. The summed E-state index contributed by atoms with van der Waals surface area (Å²) in [5.41, 5.74) is 1.22. The molecule has 0 aliphatic carbocycles. The van der Waals surface area contributed by atoms with Crippen LogP contribution < -0.4 is 0 Å². The Kier molecular flexibility index (Phi) is 4.89. The van der Waals surface area contributed by atoms with Crippen LogP contribution >= 0.6 is 0 Å². The molecular weight excluding hydrogens is 345 g/mol. The van der Waals surface area contributed by atoms with Gasteiger partial charge in [0.1, 0.15) is 18.1 Å². The third-order valence-electron chi connectivity index (χ3n) is 3.72. The summed E-state index contributed by atoms with van der Waals surface area (Å²) in [6, 6.07) is 12.3. The average Bonchev–Trinajstić information content (AvgIpc) is 3.02. The van der Waals surface area contributed by atoms with Gasteiger partial charge in [0, 0.05) is 5.56 Å². The predicted octanol–water partition coefficient (Wildman–Crippen LogP) is 4.38. The van der Waals surface area contributed by atoms with Gasteiger partial charge in [0.2, 0.25) is 0 Å². The van der Waals surface area contributed by atoms with Crippen LogP contribution in [0.2, 0.25) is 0 Å². The number of hydrogen-bond acceptors (Lipinski definition) is 4. The Morgan fingerprint density at radius 3 is 2.77 bits per heavy atom. The zero-order valence-electron chi connectivity index (χ0n) is 13.7. The van der Waals surface area contributed by atoms with E-state index < -0.39 is 12.4 Å². The van der Waals surface area contributed by atoms with Gasteiger partial charge in [-0.1, -0.05) is 23.4 Å². The van der Waals surface area contributed by atoms with E-state index in [0.717, 1.165) is 10.6 Å². The van der Waals surface area contributed by atoms with Crippen LogP contribution in [0.5, 0.6) is 0 Å². The molecule has 0 atom stereocenters. The summed E-state index contributed by atoms with van der Waals surface area (Å²) in [4.78, 5) is 9.25. The van der Waals surface area contributed by atoms with E-state index in [1.54, 1.807) is 18.2 Å². The molecule has 3 aromatic rings. The molecule has 26 heavy (non-hydrogen) atoms. The summed E-state index contributed by atoms with van der Waals surface area (Å²) >= 11 is 0. The van der Waals surface area contributed by atoms with E-state index >= 15 is 0 Å². The van der Waals surface area contributed by atoms with Gasteiger partial charge in [-0.05, 0) is 31.2 Å². The van der Waals surface area contributed by atoms with Crippen molar-refractivity contribution >= 4 is 16.7 Å². The first-order valence-corrected chi connectivity index (χ1v) is 7.62. The van der Waals surface area contributed by atoms with Crippen LogP contribution in [0.1, 0.15) is 30.4 Å². The molecule has 0 bridgehead atoms. The molecule has 132 valence electrons. The first-order chi connectivity index (χ1) is 12.5. The quantitative estimate of drug-likeness (QED) is 0.502. The lowest BCUT2D eigenvalue weighted by molar-refractivity contribution is 0.0736.